The predicted octanol–water partition coefficient (Wildman–Crippen LogP) is 1.27. The highest BCUT2D eigenvalue weighted by Gasteiger charge is 2.60. The van der Waals surface area contributed by atoms with E-state index in [1.165, 1.54) is 10.4 Å². The molecule has 29 heavy (non-hydrogen) atoms. The molecule has 0 spiro atoms. The Bertz CT molecular complexity index is 790. The predicted molar refractivity (Wildman–Crippen MR) is 114 cm³/mol. The van der Waals surface area contributed by atoms with Crippen LogP contribution in [0.4, 0.5) is 0 Å². The van der Waals surface area contributed by atoms with Gasteiger partial charge in [-0.2, -0.15) is 0 Å². The van der Waals surface area contributed by atoms with Crippen molar-refractivity contribution in [2.45, 2.75) is 25.8 Å². The fourth-order valence-electron chi connectivity index (χ4n) is 5.58. The van der Waals surface area contributed by atoms with Gasteiger partial charge in [-0.1, -0.05) is 0 Å². The van der Waals surface area contributed by atoms with Crippen molar-refractivity contribution < 1.29 is 9.59 Å². The van der Waals surface area contributed by atoms with Crippen LogP contribution in [0, 0.1) is 23.2 Å². The molecule has 1 aromatic rings. The lowest BCUT2D eigenvalue weighted by Crippen LogP contribution is -2.43. The number of nitrogens with zero attached hydrogens (tertiary/aromatic N) is 3. The quantitative estimate of drug-likeness (QED) is 0.727. The maximum absolute atomic E-state index is 12.9. The van der Waals surface area contributed by atoms with Gasteiger partial charge in [-0.25, -0.2) is 0 Å². The molecular weight excluding hydrogens is 384 g/mol. The summed E-state index contributed by atoms with van der Waals surface area (Å²) in [6.45, 7) is 5.80. The molecule has 1 N–H and O–H groups in total. The van der Waals surface area contributed by atoms with Crippen LogP contribution >= 0.6 is 11.3 Å². The summed E-state index contributed by atoms with van der Waals surface area (Å²) in [5.74, 6) is 2.27. The maximum atomic E-state index is 12.9. The van der Waals surface area contributed by atoms with Crippen LogP contribution in [0.25, 0.3) is 0 Å². The normalized spacial score (nSPS) is 29.5. The van der Waals surface area contributed by atoms with Crippen LogP contribution in [-0.2, 0) is 22.6 Å². The van der Waals surface area contributed by atoms with Crippen molar-refractivity contribution in [3.8, 4) is 0 Å². The van der Waals surface area contributed by atoms with Gasteiger partial charge in [-0.05, 0) is 68.1 Å². The number of thiophene rings is 1. The standard InChI is InChI=1S/C22H32N4O2S/c1-24(2)14-22(5-6-22)21(28)26-11-17-16(18(17)12-26)9-23-20(27)13-25-7-3-19-15(10-25)4-8-29-19/h4,8,16-18H,3,5-7,9-14H2,1-2H3,(H,23,27). The second kappa shape index (κ2) is 7.36. The average Bonchev–Trinajstić information content (AvgIpc) is 3.44. The molecule has 7 heteroatoms. The lowest BCUT2D eigenvalue weighted by Gasteiger charge is -2.27. The molecule has 0 bridgehead atoms. The van der Waals surface area contributed by atoms with Gasteiger partial charge in [0.05, 0.1) is 12.0 Å². The molecule has 2 atom stereocenters. The summed E-state index contributed by atoms with van der Waals surface area (Å²) in [6, 6.07) is 2.19. The summed E-state index contributed by atoms with van der Waals surface area (Å²) in [6.07, 6.45) is 3.14. The molecule has 3 heterocycles. The number of rotatable bonds is 7. The van der Waals surface area contributed by atoms with Gasteiger partial charge in [0.1, 0.15) is 0 Å². The summed E-state index contributed by atoms with van der Waals surface area (Å²) in [7, 11) is 4.10. The third-order valence-corrected chi connectivity index (χ3v) is 8.40. The number of fused-ring (bicyclic) bond motifs is 2. The zero-order valence-electron chi connectivity index (χ0n) is 17.5. The number of carbonyl (C=O) groups excluding carboxylic acids is 2. The van der Waals surface area contributed by atoms with Crippen molar-refractivity contribution >= 4 is 23.2 Å². The second-order valence-corrected chi connectivity index (χ2v) is 10.9. The Morgan fingerprint density at radius 3 is 2.72 bits per heavy atom. The fourth-order valence-corrected chi connectivity index (χ4v) is 6.47. The van der Waals surface area contributed by atoms with Gasteiger partial charge < -0.3 is 15.1 Å². The van der Waals surface area contributed by atoms with Crippen molar-refractivity contribution in [3.05, 3.63) is 21.9 Å². The van der Waals surface area contributed by atoms with Gasteiger partial charge in [-0.3, -0.25) is 14.5 Å². The molecule has 0 aromatic carbocycles. The molecule has 1 aromatic heterocycles. The second-order valence-electron chi connectivity index (χ2n) is 9.85. The fraction of sp³-hybridized carbons (Fsp3) is 0.727. The highest BCUT2D eigenvalue weighted by Crippen LogP contribution is 2.54. The first-order chi connectivity index (χ1) is 13.9. The molecule has 2 amide bonds. The molecule has 2 aliphatic carbocycles. The molecule has 6 nitrogen and oxygen atoms in total. The first-order valence-corrected chi connectivity index (χ1v) is 11.8. The van der Waals surface area contributed by atoms with E-state index < -0.39 is 0 Å². The van der Waals surface area contributed by atoms with Crippen molar-refractivity contribution in [3.63, 3.8) is 0 Å². The van der Waals surface area contributed by atoms with Gasteiger partial charge in [0.15, 0.2) is 0 Å². The Morgan fingerprint density at radius 1 is 1.28 bits per heavy atom. The minimum atomic E-state index is -0.0965. The summed E-state index contributed by atoms with van der Waals surface area (Å²) < 4.78 is 0. The van der Waals surface area contributed by atoms with Crippen molar-refractivity contribution in [2.75, 3.05) is 53.4 Å². The van der Waals surface area contributed by atoms with Crippen LogP contribution in [0.3, 0.4) is 0 Å². The molecule has 1 saturated heterocycles. The molecule has 5 rings (SSSR count). The minimum Gasteiger partial charge on any atom is -0.355 e. The molecule has 2 unspecified atom stereocenters. The number of nitrogens with one attached hydrogen (secondary N) is 1. The van der Waals surface area contributed by atoms with Crippen LogP contribution < -0.4 is 5.32 Å². The largest absolute Gasteiger partial charge is 0.355 e. The Labute approximate surface area is 177 Å². The smallest absolute Gasteiger partial charge is 0.234 e. The molecule has 0 radical (unpaired) electrons. The third-order valence-electron chi connectivity index (χ3n) is 7.37. The molecule has 2 aliphatic heterocycles. The van der Waals surface area contributed by atoms with Crippen LogP contribution in [0.2, 0.25) is 0 Å². The van der Waals surface area contributed by atoms with Crippen LogP contribution in [-0.4, -0.2) is 79.9 Å². The van der Waals surface area contributed by atoms with E-state index in [9.17, 15) is 9.59 Å². The molecule has 3 fully saturated rings. The van der Waals surface area contributed by atoms with Crippen LogP contribution in [0.1, 0.15) is 23.3 Å². The van der Waals surface area contributed by atoms with Crippen molar-refractivity contribution in [1.29, 1.82) is 0 Å². The number of hydrogen-bond donors (Lipinski definition) is 1. The Morgan fingerprint density at radius 2 is 2.03 bits per heavy atom. The monoisotopic (exact) mass is 416 g/mol. The molecule has 2 saturated carbocycles. The van der Waals surface area contributed by atoms with E-state index in [0.717, 1.165) is 58.5 Å². The van der Waals surface area contributed by atoms with E-state index in [1.807, 2.05) is 11.3 Å². The first kappa shape index (κ1) is 19.5. The minimum absolute atomic E-state index is 0.0965. The summed E-state index contributed by atoms with van der Waals surface area (Å²) in [5, 5.41) is 5.32. The number of likely N-dealkylation sites (tertiary alicyclic amines) is 1. The maximum Gasteiger partial charge on any atom is 0.234 e. The van der Waals surface area contributed by atoms with Crippen molar-refractivity contribution in [1.82, 2.24) is 20.0 Å². The average molecular weight is 417 g/mol. The highest BCUT2D eigenvalue weighted by atomic mass is 32.1. The Hall–Kier alpha value is -1.44. The van der Waals surface area contributed by atoms with Crippen LogP contribution in [0.15, 0.2) is 11.4 Å². The van der Waals surface area contributed by atoms with E-state index in [1.54, 1.807) is 0 Å². The lowest BCUT2D eigenvalue weighted by atomic mass is 10.0. The SMILES string of the molecule is CN(C)CC1(C(=O)N2CC3C(CNC(=O)CN4CCc5sccc5C4)C3C2)CC1. The summed E-state index contributed by atoms with van der Waals surface area (Å²) in [4.78, 5) is 33.3. The molecular formula is C22H32N4O2S. The lowest BCUT2D eigenvalue weighted by molar-refractivity contribution is -0.137. The zero-order chi connectivity index (χ0) is 20.2. The first-order valence-electron chi connectivity index (χ1n) is 10.9. The van der Waals surface area contributed by atoms with Gasteiger partial charge in [-0.15, -0.1) is 11.3 Å². The topological polar surface area (TPSA) is 55.9 Å². The van der Waals surface area contributed by atoms with E-state index in [0.29, 0.717) is 30.2 Å². The van der Waals surface area contributed by atoms with E-state index in [-0.39, 0.29) is 11.3 Å². The van der Waals surface area contributed by atoms with E-state index in [4.69, 9.17) is 0 Å². The van der Waals surface area contributed by atoms with Crippen molar-refractivity contribution in [2.24, 2.45) is 23.2 Å². The number of carbonyl (C=O) groups is 2. The van der Waals surface area contributed by atoms with Gasteiger partial charge in [0.25, 0.3) is 0 Å². The van der Waals surface area contributed by atoms with Gasteiger partial charge in [0, 0.05) is 44.1 Å². The molecule has 158 valence electrons. The van der Waals surface area contributed by atoms with Gasteiger partial charge >= 0.3 is 0 Å². The molecule has 4 aliphatic rings. The Kier molecular flexibility index (Phi) is 4.95. The Balaban J connectivity index is 1.04. The number of hydrogen-bond acceptors (Lipinski definition) is 5. The van der Waals surface area contributed by atoms with Crippen LogP contribution in [0.5, 0.6) is 0 Å². The number of piperidine rings is 1. The van der Waals surface area contributed by atoms with Gasteiger partial charge in [0.2, 0.25) is 11.8 Å². The summed E-state index contributed by atoms with van der Waals surface area (Å²) in [5.41, 5.74) is 1.29. The zero-order valence-corrected chi connectivity index (χ0v) is 18.3. The summed E-state index contributed by atoms with van der Waals surface area (Å²) >= 11 is 1.83. The van der Waals surface area contributed by atoms with E-state index >= 15 is 0 Å². The third kappa shape index (κ3) is 3.84. The van der Waals surface area contributed by atoms with E-state index in [2.05, 4.69) is 45.6 Å². The highest BCUT2D eigenvalue weighted by molar-refractivity contribution is 7.10. The number of amides is 2.